The molecule has 28 heavy (non-hydrogen) atoms. The molecule has 1 N–H and O–H groups in total. The number of carbonyl (C=O) groups is 1. The molecule has 0 bridgehead atoms. The fraction of sp³-hybridized carbons (Fsp3) is 0.542. The van der Waals surface area contributed by atoms with Crippen LogP contribution in [0.5, 0.6) is 0 Å². The van der Waals surface area contributed by atoms with Gasteiger partial charge in [0.2, 0.25) is 0 Å². The van der Waals surface area contributed by atoms with E-state index in [9.17, 15) is 14.3 Å². The third-order valence-corrected chi connectivity index (χ3v) is 5.81. The molecule has 4 heteroatoms. The molecule has 2 atom stereocenters. The van der Waals surface area contributed by atoms with Gasteiger partial charge in [-0.1, -0.05) is 39.8 Å². The average molecular weight is 387 g/mol. The maximum absolute atomic E-state index is 13.7. The van der Waals surface area contributed by atoms with Crippen molar-refractivity contribution < 1.29 is 19.0 Å². The number of aryl methyl sites for hydroxylation is 1. The number of hydrogen-bond donors (Lipinski definition) is 1. The van der Waals surface area contributed by atoms with Crippen LogP contribution in [0.4, 0.5) is 4.39 Å². The lowest BCUT2D eigenvalue weighted by atomic mass is 9.61. The predicted octanol–water partition coefficient (Wildman–Crippen LogP) is 5.36. The van der Waals surface area contributed by atoms with E-state index in [-0.39, 0.29) is 29.0 Å². The van der Waals surface area contributed by atoms with Crippen LogP contribution in [0.2, 0.25) is 0 Å². The predicted molar refractivity (Wildman–Crippen MR) is 109 cm³/mol. The topological polar surface area (TPSA) is 46.5 Å². The number of hydrogen-bond acceptors (Lipinski definition) is 3. The van der Waals surface area contributed by atoms with Crippen LogP contribution in [0.25, 0.3) is 5.57 Å². The van der Waals surface area contributed by atoms with Crippen LogP contribution < -0.4 is 0 Å². The van der Waals surface area contributed by atoms with E-state index in [2.05, 4.69) is 33.8 Å². The van der Waals surface area contributed by atoms with E-state index in [4.69, 9.17) is 4.74 Å². The van der Waals surface area contributed by atoms with Gasteiger partial charge in [0.25, 0.3) is 0 Å². The van der Waals surface area contributed by atoms with Gasteiger partial charge in [-0.2, -0.15) is 0 Å². The lowest BCUT2D eigenvalue weighted by Gasteiger charge is -2.43. The molecule has 1 heterocycles. The molecule has 152 valence electrons. The molecule has 0 saturated carbocycles. The summed E-state index contributed by atoms with van der Waals surface area (Å²) in [5.74, 6) is -0.586. The Kier molecular flexibility index (Phi) is 5.55. The Morgan fingerprint density at radius 3 is 2.61 bits per heavy atom. The summed E-state index contributed by atoms with van der Waals surface area (Å²) in [4.78, 5) is 11.6. The highest BCUT2D eigenvalue weighted by molar-refractivity contribution is 5.76. The molecule has 0 amide bonds. The normalized spacial score (nSPS) is 27.2. The van der Waals surface area contributed by atoms with Gasteiger partial charge >= 0.3 is 5.97 Å². The zero-order valence-corrected chi connectivity index (χ0v) is 17.5. The summed E-state index contributed by atoms with van der Waals surface area (Å²) in [5, 5.41) is 9.87. The standard InChI is InChI=1S/C24H31FO3/c1-15-10-16(25)6-8-19(15)20-13-23(2,3)14-24(4,5)21(20)9-7-18-11-17(26)12-22(27)28-18/h6-10,17-18,26H,11-14H2,1-5H3/t17-,18-/m0/s1. The zero-order chi connectivity index (χ0) is 20.7. The van der Waals surface area contributed by atoms with Gasteiger partial charge in [-0.15, -0.1) is 0 Å². The smallest absolute Gasteiger partial charge is 0.309 e. The highest BCUT2D eigenvalue weighted by Gasteiger charge is 2.39. The molecular weight excluding hydrogens is 355 g/mol. The number of benzene rings is 1. The van der Waals surface area contributed by atoms with Crippen molar-refractivity contribution in [1.29, 1.82) is 0 Å². The van der Waals surface area contributed by atoms with Crippen molar-refractivity contribution in [3.8, 4) is 0 Å². The van der Waals surface area contributed by atoms with Crippen molar-refractivity contribution in [1.82, 2.24) is 0 Å². The minimum atomic E-state index is -0.651. The third kappa shape index (κ3) is 4.54. The highest BCUT2D eigenvalue weighted by Crippen LogP contribution is 2.52. The van der Waals surface area contributed by atoms with E-state index in [1.54, 1.807) is 6.07 Å². The van der Waals surface area contributed by atoms with Crippen LogP contribution in [0.3, 0.4) is 0 Å². The lowest BCUT2D eigenvalue weighted by molar-refractivity contribution is -0.156. The molecule has 1 aromatic rings. The van der Waals surface area contributed by atoms with Gasteiger partial charge in [-0.05, 0) is 71.1 Å². The van der Waals surface area contributed by atoms with Gasteiger partial charge < -0.3 is 9.84 Å². The first kappa shape index (κ1) is 20.8. The summed E-state index contributed by atoms with van der Waals surface area (Å²) in [6.45, 7) is 10.9. The summed E-state index contributed by atoms with van der Waals surface area (Å²) in [7, 11) is 0. The Morgan fingerprint density at radius 1 is 1.25 bits per heavy atom. The molecule has 1 aliphatic carbocycles. The van der Waals surface area contributed by atoms with E-state index >= 15 is 0 Å². The summed E-state index contributed by atoms with van der Waals surface area (Å²) < 4.78 is 19.1. The van der Waals surface area contributed by atoms with Crippen molar-refractivity contribution in [2.75, 3.05) is 0 Å². The number of halogens is 1. The number of cyclic esters (lactones) is 1. The molecule has 0 radical (unpaired) electrons. The zero-order valence-electron chi connectivity index (χ0n) is 17.5. The first-order valence-electron chi connectivity index (χ1n) is 10.0. The fourth-order valence-corrected chi connectivity index (χ4v) is 5.00. The van der Waals surface area contributed by atoms with Crippen molar-refractivity contribution >= 4 is 11.5 Å². The van der Waals surface area contributed by atoms with Gasteiger partial charge in [-0.3, -0.25) is 4.79 Å². The molecule has 0 aromatic heterocycles. The molecule has 3 rings (SSSR count). The van der Waals surface area contributed by atoms with Crippen molar-refractivity contribution in [2.24, 2.45) is 10.8 Å². The summed E-state index contributed by atoms with van der Waals surface area (Å²) in [5.41, 5.74) is 4.46. The minimum Gasteiger partial charge on any atom is -0.458 e. The van der Waals surface area contributed by atoms with Crippen LogP contribution in [0.1, 0.15) is 64.5 Å². The molecule has 1 saturated heterocycles. The highest BCUT2D eigenvalue weighted by atomic mass is 19.1. The number of rotatable bonds is 3. The maximum Gasteiger partial charge on any atom is 0.309 e. The Labute approximate surface area is 167 Å². The number of esters is 1. The SMILES string of the molecule is Cc1cc(F)ccc1C1=C(C=C[C@H]2C[C@H](O)CC(=O)O2)C(C)(C)CC(C)(C)C1. The molecule has 0 unspecified atom stereocenters. The van der Waals surface area contributed by atoms with Crippen molar-refractivity contribution in [3.63, 3.8) is 0 Å². The Bertz CT molecular complexity index is 832. The van der Waals surface area contributed by atoms with Crippen LogP contribution in [0, 0.1) is 23.6 Å². The Hall–Kier alpha value is -1.94. The van der Waals surface area contributed by atoms with Crippen LogP contribution >= 0.6 is 0 Å². The summed E-state index contributed by atoms with van der Waals surface area (Å²) >= 11 is 0. The van der Waals surface area contributed by atoms with Crippen LogP contribution in [-0.4, -0.2) is 23.3 Å². The largest absolute Gasteiger partial charge is 0.458 e. The number of aliphatic hydroxyl groups is 1. The number of allylic oxidation sites excluding steroid dienone is 3. The molecule has 1 fully saturated rings. The second kappa shape index (κ2) is 7.47. The van der Waals surface area contributed by atoms with Gasteiger partial charge in [-0.25, -0.2) is 4.39 Å². The fourth-order valence-electron chi connectivity index (χ4n) is 5.00. The summed E-state index contributed by atoms with van der Waals surface area (Å²) in [6.07, 6.45) is 5.30. The molecule has 3 nitrogen and oxygen atoms in total. The number of aliphatic hydroxyl groups excluding tert-OH is 1. The molecule has 1 aromatic carbocycles. The van der Waals surface area contributed by atoms with E-state index in [1.165, 1.54) is 17.2 Å². The number of ether oxygens (including phenoxy) is 1. The van der Waals surface area contributed by atoms with E-state index < -0.39 is 12.2 Å². The second-order valence-corrected chi connectivity index (χ2v) is 9.73. The quantitative estimate of drug-likeness (QED) is 0.712. The van der Waals surface area contributed by atoms with Gasteiger partial charge in [0.15, 0.2) is 0 Å². The Balaban J connectivity index is 2.06. The van der Waals surface area contributed by atoms with Gasteiger partial charge in [0.05, 0.1) is 12.5 Å². The van der Waals surface area contributed by atoms with E-state index in [0.29, 0.717) is 6.42 Å². The molecule has 0 spiro atoms. The molecule has 1 aliphatic heterocycles. The van der Waals surface area contributed by atoms with Crippen LogP contribution in [0.15, 0.2) is 35.9 Å². The minimum absolute atomic E-state index is 0.0622. The first-order chi connectivity index (χ1) is 13.0. The van der Waals surface area contributed by atoms with Crippen molar-refractivity contribution in [3.05, 3.63) is 52.9 Å². The monoisotopic (exact) mass is 386 g/mol. The number of carbonyl (C=O) groups excluding carboxylic acids is 1. The van der Waals surface area contributed by atoms with Gasteiger partial charge in [0.1, 0.15) is 11.9 Å². The average Bonchev–Trinajstić information content (AvgIpc) is 2.50. The second-order valence-electron chi connectivity index (χ2n) is 9.73. The molecular formula is C24H31FO3. The van der Waals surface area contributed by atoms with E-state index in [1.807, 2.05) is 19.1 Å². The third-order valence-electron chi connectivity index (χ3n) is 5.81. The summed E-state index contributed by atoms with van der Waals surface area (Å²) in [6, 6.07) is 4.97. The molecule has 2 aliphatic rings. The van der Waals surface area contributed by atoms with Crippen molar-refractivity contribution in [2.45, 2.75) is 72.5 Å². The van der Waals surface area contributed by atoms with Crippen LogP contribution in [-0.2, 0) is 9.53 Å². The first-order valence-corrected chi connectivity index (χ1v) is 10.0. The van der Waals surface area contributed by atoms with Gasteiger partial charge in [0, 0.05) is 6.42 Å². The van der Waals surface area contributed by atoms with E-state index in [0.717, 1.165) is 24.0 Å². The Morgan fingerprint density at radius 2 is 1.96 bits per heavy atom. The lowest BCUT2D eigenvalue weighted by Crippen LogP contribution is -2.32. The maximum atomic E-state index is 13.7.